The standard InChI is InChI=1S/C20H20N4O/c1-4-16-8-5-9-18(11-16)24(14-19(25)21-3)13-17-12-23-10-6-7-15(2)20(23)22-17/h1,5-12H,13-14H2,2-3H3,(H,21,25). The Hall–Kier alpha value is -3.26. The van der Waals surface area contributed by atoms with Gasteiger partial charge in [-0.2, -0.15) is 0 Å². The summed E-state index contributed by atoms with van der Waals surface area (Å²) < 4.78 is 2.00. The Labute approximate surface area is 147 Å². The minimum atomic E-state index is -0.0638. The van der Waals surface area contributed by atoms with Gasteiger partial charge in [0.2, 0.25) is 5.91 Å². The van der Waals surface area contributed by atoms with Gasteiger partial charge in [-0.3, -0.25) is 4.79 Å². The predicted octanol–water partition coefficient (Wildman–Crippen LogP) is 2.38. The smallest absolute Gasteiger partial charge is 0.239 e. The molecule has 1 N–H and O–H groups in total. The van der Waals surface area contributed by atoms with Crippen molar-refractivity contribution in [3.63, 3.8) is 0 Å². The number of nitrogens with one attached hydrogen (secondary N) is 1. The first-order chi connectivity index (χ1) is 12.1. The van der Waals surface area contributed by atoms with E-state index in [9.17, 15) is 4.79 Å². The Morgan fingerprint density at radius 3 is 2.92 bits per heavy atom. The minimum Gasteiger partial charge on any atom is -0.358 e. The Morgan fingerprint density at radius 2 is 2.20 bits per heavy atom. The predicted molar refractivity (Wildman–Crippen MR) is 99.4 cm³/mol. The van der Waals surface area contributed by atoms with Crippen LogP contribution in [0.4, 0.5) is 5.69 Å². The first-order valence-corrected chi connectivity index (χ1v) is 8.06. The molecule has 0 aliphatic heterocycles. The molecule has 0 unspecified atom stereocenters. The Morgan fingerprint density at radius 1 is 1.36 bits per heavy atom. The fourth-order valence-corrected chi connectivity index (χ4v) is 2.76. The summed E-state index contributed by atoms with van der Waals surface area (Å²) in [6, 6.07) is 11.6. The molecule has 0 radical (unpaired) electrons. The van der Waals surface area contributed by atoms with Gasteiger partial charge in [0.05, 0.1) is 18.8 Å². The third-order valence-electron chi connectivity index (χ3n) is 4.07. The average molecular weight is 332 g/mol. The molecule has 3 rings (SSSR count). The normalized spacial score (nSPS) is 10.4. The zero-order valence-electron chi connectivity index (χ0n) is 14.4. The number of benzene rings is 1. The molecule has 25 heavy (non-hydrogen) atoms. The number of anilines is 1. The molecule has 5 heteroatoms. The van der Waals surface area contributed by atoms with Crippen LogP contribution in [0.3, 0.4) is 0 Å². The van der Waals surface area contributed by atoms with Crippen LogP contribution in [-0.4, -0.2) is 28.9 Å². The van der Waals surface area contributed by atoms with Gasteiger partial charge in [-0.25, -0.2) is 4.98 Å². The van der Waals surface area contributed by atoms with E-state index in [4.69, 9.17) is 11.4 Å². The topological polar surface area (TPSA) is 49.6 Å². The molecule has 3 aromatic rings. The van der Waals surface area contributed by atoms with Crippen LogP contribution in [0.5, 0.6) is 0 Å². The lowest BCUT2D eigenvalue weighted by Crippen LogP contribution is -2.35. The maximum atomic E-state index is 11.9. The number of pyridine rings is 1. The highest BCUT2D eigenvalue weighted by atomic mass is 16.1. The molecule has 0 atom stereocenters. The molecule has 2 aromatic heterocycles. The first-order valence-electron chi connectivity index (χ1n) is 8.06. The van der Waals surface area contributed by atoms with Crippen LogP contribution in [0.25, 0.3) is 5.65 Å². The molecule has 0 spiro atoms. The summed E-state index contributed by atoms with van der Waals surface area (Å²) in [4.78, 5) is 18.6. The summed E-state index contributed by atoms with van der Waals surface area (Å²) in [5.74, 6) is 2.57. The Bertz CT molecular complexity index is 952. The second-order valence-electron chi connectivity index (χ2n) is 5.88. The SMILES string of the molecule is C#Cc1cccc(N(CC(=O)NC)Cc2cn3cccc(C)c3n2)c1. The molecule has 0 bridgehead atoms. The van der Waals surface area contributed by atoms with E-state index in [2.05, 4.69) is 11.2 Å². The molecule has 0 saturated carbocycles. The van der Waals surface area contributed by atoms with Crippen LogP contribution in [0.1, 0.15) is 16.8 Å². The highest BCUT2D eigenvalue weighted by Gasteiger charge is 2.14. The monoisotopic (exact) mass is 332 g/mol. The van der Waals surface area contributed by atoms with Crippen molar-refractivity contribution in [3.05, 3.63) is 65.6 Å². The van der Waals surface area contributed by atoms with Gasteiger partial charge in [0.1, 0.15) is 5.65 Å². The van der Waals surface area contributed by atoms with E-state index in [0.717, 1.165) is 28.2 Å². The van der Waals surface area contributed by atoms with Gasteiger partial charge in [-0.1, -0.05) is 18.1 Å². The van der Waals surface area contributed by atoms with Crippen LogP contribution in [0.2, 0.25) is 0 Å². The van der Waals surface area contributed by atoms with Crippen molar-refractivity contribution >= 4 is 17.2 Å². The number of rotatable bonds is 5. The number of terminal acetylenes is 1. The third-order valence-corrected chi connectivity index (χ3v) is 4.07. The number of aryl methyl sites for hydroxylation is 1. The summed E-state index contributed by atoms with van der Waals surface area (Å²) in [7, 11) is 1.63. The lowest BCUT2D eigenvalue weighted by atomic mass is 10.2. The number of nitrogens with zero attached hydrogens (tertiary/aromatic N) is 3. The molecule has 0 saturated heterocycles. The second kappa shape index (κ2) is 7.10. The van der Waals surface area contributed by atoms with Gasteiger partial charge >= 0.3 is 0 Å². The van der Waals surface area contributed by atoms with E-state index in [1.807, 2.05) is 65.0 Å². The van der Waals surface area contributed by atoms with Gasteiger partial charge in [0, 0.05) is 30.7 Å². The lowest BCUT2D eigenvalue weighted by Gasteiger charge is -2.23. The second-order valence-corrected chi connectivity index (χ2v) is 5.88. The van der Waals surface area contributed by atoms with Gasteiger partial charge in [0.25, 0.3) is 0 Å². The van der Waals surface area contributed by atoms with Gasteiger partial charge in [-0.15, -0.1) is 6.42 Å². The third kappa shape index (κ3) is 3.64. The maximum absolute atomic E-state index is 11.9. The van der Waals surface area contributed by atoms with Gasteiger partial charge in [0.15, 0.2) is 0 Å². The molecule has 1 amide bonds. The number of amides is 1. The van der Waals surface area contributed by atoms with Crippen molar-refractivity contribution in [3.8, 4) is 12.3 Å². The molecule has 2 heterocycles. The molecule has 0 aliphatic carbocycles. The van der Waals surface area contributed by atoms with Crippen molar-refractivity contribution in [2.75, 3.05) is 18.5 Å². The van der Waals surface area contributed by atoms with E-state index in [-0.39, 0.29) is 12.5 Å². The van der Waals surface area contributed by atoms with E-state index in [0.29, 0.717) is 6.54 Å². The summed E-state index contributed by atoms with van der Waals surface area (Å²) in [5, 5.41) is 2.67. The lowest BCUT2D eigenvalue weighted by molar-refractivity contribution is -0.119. The number of carbonyl (C=O) groups excluding carboxylic acids is 1. The van der Waals surface area contributed by atoms with E-state index in [1.165, 1.54) is 0 Å². The fraction of sp³-hybridized carbons (Fsp3) is 0.200. The molecule has 5 nitrogen and oxygen atoms in total. The van der Waals surface area contributed by atoms with Crippen LogP contribution < -0.4 is 10.2 Å². The van der Waals surface area contributed by atoms with Crippen LogP contribution in [-0.2, 0) is 11.3 Å². The van der Waals surface area contributed by atoms with Gasteiger partial charge in [-0.05, 0) is 36.8 Å². The van der Waals surface area contributed by atoms with Crippen molar-refractivity contribution in [2.45, 2.75) is 13.5 Å². The summed E-state index contributed by atoms with van der Waals surface area (Å²) in [6.45, 7) is 2.78. The van der Waals surface area contributed by atoms with Crippen LogP contribution in [0.15, 0.2) is 48.8 Å². The van der Waals surface area contributed by atoms with E-state index in [1.54, 1.807) is 7.05 Å². The molecule has 0 aliphatic rings. The summed E-state index contributed by atoms with van der Waals surface area (Å²) in [6.07, 6.45) is 9.47. The quantitative estimate of drug-likeness (QED) is 0.730. The zero-order valence-corrected chi connectivity index (χ0v) is 14.4. The van der Waals surface area contributed by atoms with E-state index >= 15 is 0 Å². The summed E-state index contributed by atoms with van der Waals surface area (Å²) >= 11 is 0. The van der Waals surface area contributed by atoms with Crippen molar-refractivity contribution in [1.82, 2.24) is 14.7 Å². The highest BCUT2D eigenvalue weighted by Crippen LogP contribution is 2.19. The first kappa shape index (κ1) is 16.6. The highest BCUT2D eigenvalue weighted by molar-refractivity contribution is 5.81. The molecule has 1 aromatic carbocycles. The molecular formula is C20H20N4O. The average Bonchev–Trinajstić information content (AvgIpc) is 3.05. The minimum absolute atomic E-state index is 0.0638. The van der Waals surface area contributed by atoms with Crippen molar-refractivity contribution in [1.29, 1.82) is 0 Å². The van der Waals surface area contributed by atoms with Crippen molar-refractivity contribution < 1.29 is 4.79 Å². The zero-order chi connectivity index (χ0) is 17.8. The molecular weight excluding hydrogens is 312 g/mol. The number of aromatic nitrogens is 2. The molecule has 126 valence electrons. The van der Waals surface area contributed by atoms with Crippen molar-refractivity contribution in [2.24, 2.45) is 0 Å². The maximum Gasteiger partial charge on any atom is 0.239 e. The number of hydrogen-bond acceptors (Lipinski definition) is 3. The van der Waals surface area contributed by atoms with Crippen LogP contribution >= 0.6 is 0 Å². The number of imidazole rings is 1. The van der Waals surface area contributed by atoms with Crippen LogP contribution in [0, 0.1) is 19.3 Å². The largest absolute Gasteiger partial charge is 0.358 e. The number of hydrogen-bond donors (Lipinski definition) is 1. The Balaban J connectivity index is 1.94. The fourth-order valence-electron chi connectivity index (χ4n) is 2.76. The number of likely N-dealkylation sites (N-methyl/N-ethyl adjacent to an activating group) is 1. The summed E-state index contributed by atoms with van der Waals surface area (Å²) in [5.41, 5.74) is 4.61. The molecule has 0 fully saturated rings. The number of carbonyl (C=O) groups is 1. The van der Waals surface area contributed by atoms with E-state index < -0.39 is 0 Å². The number of fused-ring (bicyclic) bond motifs is 1. The Kier molecular flexibility index (Phi) is 4.71. The van der Waals surface area contributed by atoms with Gasteiger partial charge < -0.3 is 14.6 Å².